The molecule has 108 valence electrons. The summed E-state index contributed by atoms with van der Waals surface area (Å²) in [6, 6.07) is 2.17. The van der Waals surface area contributed by atoms with E-state index in [4.69, 9.17) is 14.7 Å². The minimum atomic E-state index is -0.606. The van der Waals surface area contributed by atoms with Gasteiger partial charge in [0.2, 0.25) is 0 Å². The lowest BCUT2D eigenvalue weighted by atomic mass is 9.86. The third-order valence-electron chi connectivity index (χ3n) is 2.85. The fourth-order valence-corrected chi connectivity index (χ4v) is 1.72. The summed E-state index contributed by atoms with van der Waals surface area (Å²) in [6.45, 7) is 7.80. The number of ether oxygens (including phenoxy) is 2. The average Bonchev–Trinajstić information content (AvgIpc) is 2.34. The Labute approximate surface area is 114 Å². The summed E-state index contributed by atoms with van der Waals surface area (Å²) >= 11 is 0. The third kappa shape index (κ3) is 6.80. The molecule has 0 aliphatic rings. The molecule has 0 aliphatic carbocycles. The fraction of sp³-hybridized carbons (Fsp3) is 0.786. The molecule has 0 saturated carbocycles. The highest BCUT2D eigenvalue weighted by Crippen LogP contribution is 2.23. The Morgan fingerprint density at radius 2 is 1.74 bits per heavy atom. The number of carbonyl (C=O) groups is 2. The van der Waals surface area contributed by atoms with Crippen molar-refractivity contribution in [2.45, 2.75) is 40.5 Å². The Kier molecular flexibility index (Phi) is 8.60. The Bertz CT molecular complexity index is 333. The van der Waals surface area contributed by atoms with Gasteiger partial charge in [-0.2, -0.15) is 5.26 Å². The molecular formula is C14H23NO4. The maximum absolute atomic E-state index is 11.8. The van der Waals surface area contributed by atoms with Crippen molar-refractivity contribution in [3.8, 4) is 6.07 Å². The molecule has 19 heavy (non-hydrogen) atoms. The number of esters is 2. The zero-order chi connectivity index (χ0) is 14.8. The predicted molar refractivity (Wildman–Crippen MR) is 69.9 cm³/mol. The maximum atomic E-state index is 11.8. The summed E-state index contributed by atoms with van der Waals surface area (Å²) in [6.07, 6.45) is 0.295. The molecule has 0 rings (SSSR count). The van der Waals surface area contributed by atoms with Crippen molar-refractivity contribution in [1.29, 1.82) is 5.26 Å². The zero-order valence-electron chi connectivity index (χ0n) is 12.1. The second kappa shape index (κ2) is 9.37. The summed E-state index contributed by atoms with van der Waals surface area (Å²) in [5.74, 6) is -1.61. The lowest BCUT2D eigenvalue weighted by molar-refractivity contribution is -0.155. The molecule has 0 spiro atoms. The molecule has 2 atom stereocenters. The molecule has 0 aromatic rings. The van der Waals surface area contributed by atoms with E-state index in [2.05, 4.69) is 6.07 Å². The summed E-state index contributed by atoms with van der Waals surface area (Å²) in [7, 11) is 0. The van der Waals surface area contributed by atoms with Crippen LogP contribution in [0.2, 0.25) is 0 Å². The molecular weight excluding hydrogens is 246 g/mol. The second-order valence-corrected chi connectivity index (χ2v) is 4.67. The van der Waals surface area contributed by atoms with Crippen molar-refractivity contribution in [1.82, 2.24) is 0 Å². The van der Waals surface area contributed by atoms with E-state index in [1.807, 2.05) is 13.8 Å². The number of nitriles is 1. The second-order valence-electron chi connectivity index (χ2n) is 4.67. The average molecular weight is 269 g/mol. The number of hydrogen-bond donors (Lipinski definition) is 0. The first-order chi connectivity index (χ1) is 8.96. The van der Waals surface area contributed by atoms with Crippen LogP contribution in [0, 0.1) is 29.1 Å². The van der Waals surface area contributed by atoms with Gasteiger partial charge < -0.3 is 9.47 Å². The Balaban J connectivity index is 4.71. The highest BCUT2D eigenvalue weighted by molar-refractivity contribution is 5.80. The van der Waals surface area contributed by atoms with Crippen LogP contribution in [0.4, 0.5) is 0 Å². The van der Waals surface area contributed by atoms with Gasteiger partial charge in [-0.3, -0.25) is 9.59 Å². The SMILES string of the molecule is CCOC(=O)CC(CC(C#N)C(C)C)C(=O)OCC. The van der Waals surface area contributed by atoms with Crippen molar-refractivity contribution in [3.05, 3.63) is 0 Å². The number of carbonyl (C=O) groups excluding carboxylic acids is 2. The topological polar surface area (TPSA) is 76.4 Å². The van der Waals surface area contributed by atoms with Crippen molar-refractivity contribution >= 4 is 11.9 Å². The van der Waals surface area contributed by atoms with E-state index in [9.17, 15) is 9.59 Å². The molecule has 0 fully saturated rings. The highest BCUT2D eigenvalue weighted by atomic mass is 16.5. The standard InChI is InChI=1S/C14H23NO4/c1-5-18-13(16)8-11(14(17)19-6-2)7-12(9-15)10(3)4/h10-12H,5-8H2,1-4H3. The Hall–Kier alpha value is -1.57. The van der Waals surface area contributed by atoms with Crippen molar-refractivity contribution in [2.75, 3.05) is 13.2 Å². The molecule has 0 aromatic carbocycles. The number of nitrogens with zero attached hydrogens (tertiary/aromatic N) is 1. The van der Waals surface area contributed by atoms with Gasteiger partial charge >= 0.3 is 11.9 Å². The van der Waals surface area contributed by atoms with E-state index in [1.54, 1.807) is 13.8 Å². The predicted octanol–water partition coefficient (Wildman–Crippen LogP) is 2.30. The van der Waals surface area contributed by atoms with Crippen LogP contribution in [-0.4, -0.2) is 25.2 Å². The molecule has 0 saturated heterocycles. The van der Waals surface area contributed by atoms with Gasteiger partial charge in [0.15, 0.2) is 0 Å². The minimum Gasteiger partial charge on any atom is -0.466 e. The monoisotopic (exact) mass is 269 g/mol. The van der Waals surface area contributed by atoms with Gasteiger partial charge in [-0.1, -0.05) is 13.8 Å². The summed E-state index contributed by atoms with van der Waals surface area (Å²) in [4.78, 5) is 23.3. The van der Waals surface area contributed by atoms with Crippen LogP contribution in [0.25, 0.3) is 0 Å². The fourth-order valence-electron chi connectivity index (χ4n) is 1.72. The largest absolute Gasteiger partial charge is 0.466 e. The quantitative estimate of drug-likeness (QED) is 0.632. The smallest absolute Gasteiger partial charge is 0.309 e. The van der Waals surface area contributed by atoms with Crippen LogP contribution in [0.1, 0.15) is 40.5 Å². The van der Waals surface area contributed by atoms with Crippen molar-refractivity contribution in [3.63, 3.8) is 0 Å². The lowest BCUT2D eigenvalue weighted by Gasteiger charge is -2.19. The molecule has 5 heteroatoms. The molecule has 5 nitrogen and oxygen atoms in total. The molecule has 0 heterocycles. The normalized spacial score (nSPS) is 13.5. The molecule has 0 radical (unpaired) electrons. The van der Waals surface area contributed by atoms with Crippen LogP contribution < -0.4 is 0 Å². The first-order valence-electron chi connectivity index (χ1n) is 6.68. The molecule has 0 N–H and O–H groups in total. The van der Waals surface area contributed by atoms with E-state index in [1.165, 1.54) is 0 Å². The molecule has 2 unspecified atom stereocenters. The first-order valence-corrected chi connectivity index (χ1v) is 6.68. The molecule has 0 bridgehead atoms. The van der Waals surface area contributed by atoms with Gasteiger partial charge in [-0.15, -0.1) is 0 Å². The van der Waals surface area contributed by atoms with Gasteiger partial charge in [0.05, 0.1) is 31.6 Å². The maximum Gasteiger partial charge on any atom is 0.309 e. The van der Waals surface area contributed by atoms with Gasteiger partial charge in [-0.05, 0) is 26.2 Å². The molecule has 0 amide bonds. The van der Waals surface area contributed by atoms with E-state index < -0.39 is 17.9 Å². The number of hydrogen-bond acceptors (Lipinski definition) is 5. The zero-order valence-corrected chi connectivity index (χ0v) is 12.1. The van der Waals surface area contributed by atoms with E-state index >= 15 is 0 Å². The first kappa shape index (κ1) is 17.4. The van der Waals surface area contributed by atoms with E-state index in [0.29, 0.717) is 6.42 Å². The Morgan fingerprint density at radius 1 is 1.16 bits per heavy atom. The number of rotatable bonds is 8. The molecule has 0 aromatic heterocycles. The van der Waals surface area contributed by atoms with Crippen molar-refractivity contribution < 1.29 is 19.1 Å². The molecule has 0 aliphatic heterocycles. The van der Waals surface area contributed by atoms with Crippen LogP contribution in [0.15, 0.2) is 0 Å². The van der Waals surface area contributed by atoms with Crippen LogP contribution in [0.3, 0.4) is 0 Å². The van der Waals surface area contributed by atoms with Gasteiger partial charge in [0.1, 0.15) is 0 Å². The minimum absolute atomic E-state index is 0.0302. The van der Waals surface area contributed by atoms with Crippen LogP contribution in [-0.2, 0) is 19.1 Å². The summed E-state index contributed by atoms with van der Waals surface area (Å²) in [5, 5.41) is 9.08. The van der Waals surface area contributed by atoms with E-state index in [-0.39, 0.29) is 31.5 Å². The summed E-state index contributed by atoms with van der Waals surface area (Å²) in [5.41, 5.74) is 0. The Morgan fingerprint density at radius 3 is 2.16 bits per heavy atom. The highest BCUT2D eigenvalue weighted by Gasteiger charge is 2.28. The summed E-state index contributed by atoms with van der Waals surface area (Å²) < 4.78 is 9.80. The van der Waals surface area contributed by atoms with Crippen LogP contribution in [0.5, 0.6) is 0 Å². The van der Waals surface area contributed by atoms with Gasteiger partial charge in [0.25, 0.3) is 0 Å². The van der Waals surface area contributed by atoms with Gasteiger partial charge in [-0.25, -0.2) is 0 Å². The van der Waals surface area contributed by atoms with E-state index in [0.717, 1.165) is 0 Å². The third-order valence-corrected chi connectivity index (χ3v) is 2.85. The van der Waals surface area contributed by atoms with Crippen molar-refractivity contribution in [2.24, 2.45) is 17.8 Å². The van der Waals surface area contributed by atoms with Crippen LogP contribution >= 0.6 is 0 Å². The lowest BCUT2D eigenvalue weighted by Crippen LogP contribution is -2.25. The van der Waals surface area contributed by atoms with Gasteiger partial charge in [0, 0.05) is 5.92 Å².